The lowest BCUT2D eigenvalue weighted by molar-refractivity contribution is -0.119. The van der Waals surface area contributed by atoms with Gasteiger partial charge >= 0.3 is 0 Å². The number of benzene rings is 1. The van der Waals surface area contributed by atoms with E-state index in [4.69, 9.17) is 5.73 Å². The zero-order valence-electron chi connectivity index (χ0n) is 11.4. The summed E-state index contributed by atoms with van der Waals surface area (Å²) in [5.74, 6) is -0.901. The van der Waals surface area contributed by atoms with Crippen molar-refractivity contribution >= 4 is 11.6 Å². The second kappa shape index (κ2) is 5.73. The number of amides is 1. The normalized spacial score (nSPS) is 12.2. The topological polar surface area (TPSA) is 72.9 Å². The van der Waals surface area contributed by atoms with Gasteiger partial charge in [0.2, 0.25) is 5.91 Å². The van der Waals surface area contributed by atoms with E-state index in [0.717, 1.165) is 5.56 Å². The number of aryl methyl sites for hydroxylation is 2. The average Bonchev–Trinajstić information content (AvgIpc) is 2.82. The lowest BCUT2D eigenvalue weighted by Crippen LogP contribution is -2.29. The van der Waals surface area contributed by atoms with Crippen LogP contribution in [0.3, 0.4) is 0 Å². The monoisotopic (exact) mass is 276 g/mol. The van der Waals surface area contributed by atoms with E-state index in [1.165, 1.54) is 12.1 Å². The van der Waals surface area contributed by atoms with Crippen molar-refractivity contribution in [3.8, 4) is 0 Å². The minimum Gasteiger partial charge on any atom is -0.369 e. The van der Waals surface area contributed by atoms with Gasteiger partial charge in [0.25, 0.3) is 0 Å². The fraction of sp³-hybridized carbons (Fsp3) is 0.286. The molecule has 0 aliphatic heterocycles. The largest absolute Gasteiger partial charge is 0.369 e. The molecule has 5 nitrogen and oxygen atoms in total. The number of carbonyl (C=O) groups excluding carboxylic acids is 1. The summed E-state index contributed by atoms with van der Waals surface area (Å²) in [6, 6.07) is 3.75. The van der Waals surface area contributed by atoms with Crippen molar-refractivity contribution in [3.63, 3.8) is 0 Å². The summed E-state index contributed by atoms with van der Waals surface area (Å²) in [5, 5.41) is 2.96. The van der Waals surface area contributed by atoms with Gasteiger partial charge in [0.15, 0.2) is 0 Å². The van der Waals surface area contributed by atoms with Crippen molar-refractivity contribution in [2.75, 3.05) is 5.32 Å². The molecule has 0 saturated heterocycles. The summed E-state index contributed by atoms with van der Waals surface area (Å²) in [7, 11) is 0. The predicted octanol–water partition coefficient (Wildman–Crippen LogP) is 1.99. The number of halogens is 1. The first-order valence-corrected chi connectivity index (χ1v) is 6.34. The number of aromatic nitrogens is 2. The molecule has 0 spiro atoms. The number of nitrogens with zero attached hydrogens (tertiary/aromatic N) is 2. The van der Waals surface area contributed by atoms with Crippen LogP contribution < -0.4 is 11.1 Å². The Hall–Kier alpha value is -2.37. The van der Waals surface area contributed by atoms with Gasteiger partial charge in [-0.05, 0) is 37.6 Å². The molecule has 1 aromatic heterocycles. The van der Waals surface area contributed by atoms with Crippen molar-refractivity contribution < 1.29 is 9.18 Å². The Morgan fingerprint density at radius 1 is 1.50 bits per heavy atom. The molecule has 106 valence electrons. The number of primary amides is 1. The SMILES string of the molecule is CCn1cncc1C(Nc1cc(C)cc(F)c1)C(N)=O. The second-order valence-electron chi connectivity index (χ2n) is 4.60. The van der Waals surface area contributed by atoms with Crippen molar-refractivity contribution in [1.29, 1.82) is 0 Å². The van der Waals surface area contributed by atoms with Gasteiger partial charge in [-0.3, -0.25) is 4.79 Å². The molecule has 20 heavy (non-hydrogen) atoms. The third-order valence-electron chi connectivity index (χ3n) is 3.02. The van der Waals surface area contributed by atoms with E-state index in [-0.39, 0.29) is 5.82 Å². The van der Waals surface area contributed by atoms with E-state index in [9.17, 15) is 9.18 Å². The Balaban J connectivity index is 2.33. The highest BCUT2D eigenvalue weighted by atomic mass is 19.1. The maximum Gasteiger partial charge on any atom is 0.246 e. The second-order valence-corrected chi connectivity index (χ2v) is 4.60. The minimum atomic E-state index is -0.751. The number of hydrogen-bond donors (Lipinski definition) is 2. The number of nitrogens with one attached hydrogen (secondary N) is 1. The molecule has 3 N–H and O–H groups in total. The average molecular weight is 276 g/mol. The zero-order chi connectivity index (χ0) is 14.7. The van der Waals surface area contributed by atoms with Gasteiger partial charge in [0.1, 0.15) is 11.9 Å². The lowest BCUT2D eigenvalue weighted by Gasteiger charge is -2.18. The molecule has 1 amide bonds. The number of anilines is 1. The lowest BCUT2D eigenvalue weighted by atomic mass is 10.1. The van der Waals surface area contributed by atoms with Crippen LogP contribution in [-0.2, 0) is 11.3 Å². The summed E-state index contributed by atoms with van der Waals surface area (Å²) in [6.07, 6.45) is 3.21. The van der Waals surface area contributed by atoms with Crippen LogP contribution in [-0.4, -0.2) is 15.5 Å². The standard InChI is InChI=1S/C14H17FN4O/c1-3-19-8-17-7-12(19)13(14(16)20)18-11-5-9(2)4-10(15)6-11/h4-8,13,18H,3H2,1-2H3,(H2,16,20). The Morgan fingerprint density at radius 2 is 2.25 bits per heavy atom. The van der Waals surface area contributed by atoms with Crippen LogP contribution >= 0.6 is 0 Å². The van der Waals surface area contributed by atoms with Gasteiger partial charge in [-0.15, -0.1) is 0 Å². The number of nitrogens with two attached hydrogens (primary N) is 1. The number of rotatable bonds is 5. The molecular weight excluding hydrogens is 259 g/mol. The van der Waals surface area contributed by atoms with Crippen molar-refractivity contribution in [1.82, 2.24) is 9.55 Å². The third-order valence-corrected chi connectivity index (χ3v) is 3.02. The van der Waals surface area contributed by atoms with E-state index in [0.29, 0.717) is 17.9 Å². The Kier molecular flexibility index (Phi) is 4.02. The minimum absolute atomic E-state index is 0.361. The maximum atomic E-state index is 13.4. The summed E-state index contributed by atoms with van der Waals surface area (Å²) >= 11 is 0. The van der Waals surface area contributed by atoms with E-state index >= 15 is 0 Å². The molecule has 1 unspecified atom stereocenters. The van der Waals surface area contributed by atoms with Gasteiger partial charge in [-0.1, -0.05) is 0 Å². The van der Waals surface area contributed by atoms with E-state index in [1.54, 1.807) is 25.5 Å². The van der Waals surface area contributed by atoms with Crippen LogP contribution in [0.15, 0.2) is 30.7 Å². The highest BCUT2D eigenvalue weighted by Crippen LogP contribution is 2.21. The summed E-state index contributed by atoms with van der Waals surface area (Å²) in [5.41, 5.74) is 7.37. The quantitative estimate of drug-likeness (QED) is 0.877. The highest BCUT2D eigenvalue weighted by molar-refractivity contribution is 5.84. The van der Waals surface area contributed by atoms with Gasteiger partial charge < -0.3 is 15.6 Å². The van der Waals surface area contributed by atoms with Crippen LogP contribution in [0, 0.1) is 12.7 Å². The van der Waals surface area contributed by atoms with Crippen LogP contribution in [0.5, 0.6) is 0 Å². The van der Waals surface area contributed by atoms with Crippen molar-refractivity contribution in [2.45, 2.75) is 26.4 Å². The molecule has 0 aliphatic carbocycles. The molecule has 0 saturated carbocycles. The zero-order valence-corrected chi connectivity index (χ0v) is 11.4. The molecule has 2 rings (SSSR count). The highest BCUT2D eigenvalue weighted by Gasteiger charge is 2.21. The fourth-order valence-corrected chi connectivity index (χ4v) is 2.11. The number of hydrogen-bond acceptors (Lipinski definition) is 3. The molecular formula is C14H17FN4O. The summed E-state index contributed by atoms with van der Waals surface area (Å²) in [6.45, 7) is 4.39. The van der Waals surface area contributed by atoms with Crippen molar-refractivity contribution in [3.05, 3.63) is 47.8 Å². The van der Waals surface area contributed by atoms with E-state index < -0.39 is 11.9 Å². The third kappa shape index (κ3) is 2.96. The van der Waals surface area contributed by atoms with E-state index in [2.05, 4.69) is 10.3 Å². The van der Waals surface area contributed by atoms with Crippen LogP contribution in [0.2, 0.25) is 0 Å². The Morgan fingerprint density at radius 3 is 2.85 bits per heavy atom. The molecule has 1 aromatic carbocycles. The Bertz CT molecular complexity index is 603. The predicted molar refractivity (Wildman–Crippen MR) is 74.6 cm³/mol. The first-order valence-electron chi connectivity index (χ1n) is 6.34. The van der Waals surface area contributed by atoms with Gasteiger partial charge in [-0.2, -0.15) is 0 Å². The van der Waals surface area contributed by atoms with Crippen LogP contribution in [0.25, 0.3) is 0 Å². The van der Waals surface area contributed by atoms with Gasteiger partial charge in [-0.25, -0.2) is 9.37 Å². The fourth-order valence-electron chi connectivity index (χ4n) is 2.11. The van der Waals surface area contributed by atoms with Gasteiger partial charge in [0.05, 0.1) is 18.2 Å². The summed E-state index contributed by atoms with van der Waals surface area (Å²) in [4.78, 5) is 15.7. The van der Waals surface area contributed by atoms with E-state index in [1.807, 2.05) is 11.5 Å². The molecule has 0 bridgehead atoms. The van der Waals surface area contributed by atoms with Crippen LogP contribution in [0.1, 0.15) is 24.2 Å². The smallest absolute Gasteiger partial charge is 0.246 e. The molecule has 2 aromatic rings. The number of carbonyl (C=O) groups is 1. The molecule has 1 heterocycles. The Labute approximate surface area is 116 Å². The van der Waals surface area contributed by atoms with Crippen molar-refractivity contribution in [2.24, 2.45) is 5.73 Å². The molecule has 0 radical (unpaired) electrons. The molecule has 0 aliphatic rings. The first kappa shape index (κ1) is 14.0. The molecule has 1 atom stereocenters. The van der Waals surface area contributed by atoms with Gasteiger partial charge in [0, 0.05) is 12.2 Å². The molecule has 0 fully saturated rings. The first-order chi connectivity index (χ1) is 9.51. The molecule has 6 heteroatoms. The number of imidazole rings is 1. The maximum absolute atomic E-state index is 13.4. The van der Waals surface area contributed by atoms with Crippen LogP contribution in [0.4, 0.5) is 10.1 Å². The summed E-state index contributed by atoms with van der Waals surface area (Å²) < 4.78 is 15.2.